The van der Waals surface area contributed by atoms with Crippen LogP contribution in [0.4, 0.5) is 0 Å². The Morgan fingerprint density at radius 1 is 0.966 bits per heavy atom. The lowest BCUT2D eigenvalue weighted by atomic mass is 10.0. The lowest BCUT2D eigenvalue weighted by Gasteiger charge is -2.39. The predicted molar refractivity (Wildman–Crippen MR) is 116 cm³/mol. The summed E-state index contributed by atoms with van der Waals surface area (Å²) in [5, 5.41) is 40.0. The first-order valence-corrected chi connectivity index (χ1v) is 11.1. The fraction of sp³-hybridized carbons (Fsp3) is 0.429. The zero-order chi connectivity index (χ0) is 21.1. The molecule has 5 atom stereocenters. The van der Waals surface area contributed by atoms with Crippen LogP contribution < -0.4 is 4.74 Å². The van der Waals surface area contributed by atoms with Crippen molar-refractivity contribution in [1.82, 2.24) is 0 Å². The van der Waals surface area contributed by atoms with E-state index >= 15 is 0 Å². The Morgan fingerprint density at radius 2 is 1.62 bits per heavy atom. The number of halogens is 2. The molecule has 1 aliphatic heterocycles. The number of thioether (sulfide) groups is 1. The summed E-state index contributed by atoms with van der Waals surface area (Å²) >= 11 is 13.6. The fourth-order valence-electron chi connectivity index (χ4n) is 3.27. The van der Waals surface area contributed by atoms with Crippen molar-refractivity contribution in [2.75, 3.05) is 6.61 Å². The minimum Gasteiger partial charge on any atom is -0.475 e. The largest absolute Gasteiger partial charge is 0.475 e. The smallest absolute Gasteiger partial charge is 0.173 e. The van der Waals surface area contributed by atoms with Gasteiger partial charge in [-0.2, -0.15) is 0 Å². The van der Waals surface area contributed by atoms with Crippen LogP contribution >= 0.6 is 35.0 Å². The first-order chi connectivity index (χ1) is 13.8. The van der Waals surface area contributed by atoms with E-state index in [4.69, 9.17) is 27.9 Å². The normalized spacial score (nSPS) is 27.1. The summed E-state index contributed by atoms with van der Waals surface area (Å²) in [6, 6.07) is 11.5. The van der Waals surface area contributed by atoms with Crippen molar-refractivity contribution < 1.29 is 25.2 Å². The second-order valence-corrected chi connectivity index (χ2v) is 9.22. The molecule has 0 aromatic heterocycles. The van der Waals surface area contributed by atoms with E-state index in [0.717, 1.165) is 29.3 Å². The summed E-state index contributed by atoms with van der Waals surface area (Å²) < 4.78 is 5.99. The van der Waals surface area contributed by atoms with Crippen molar-refractivity contribution in [1.29, 1.82) is 0 Å². The maximum atomic E-state index is 10.4. The maximum Gasteiger partial charge on any atom is 0.173 e. The lowest BCUT2D eigenvalue weighted by molar-refractivity contribution is -0.0910. The van der Waals surface area contributed by atoms with Crippen LogP contribution in [-0.4, -0.2) is 56.0 Å². The average molecular weight is 459 g/mol. The van der Waals surface area contributed by atoms with Gasteiger partial charge in [0.25, 0.3) is 0 Å². The molecule has 1 aliphatic rings. The summed E-state index contributed by atoms with van der Waals surface area (Å²) in [6.45, 7) is 1.73. The van der Waals surface area contributed by atoms with Gasteiger partial charge in [0.1, 0.15) is 18.0 Å². The Morgan fingerprint density at radius 3 is 2.24 bits per heavy atom. The molecule has 4 N–H and O–H groups in total. The monoisotopic (exact) mass is 458 g/mol. The summed E-state index contributed by atoms with van der Waals surface area (Å²) in [5.41, 5.74) is 2.11. The standard InChI is InChI=1S/C21H24Cl2O5S/c1-2-11-3-5-12(6-4-11)7-13-8-14(22)9-15(23)20(13)28-21-19(27)18(26)17(25)16(10-24)29-21/h3-6,8-9,16-19,21,24-27H,2,7,10H2,1H3/t16-,17+,18-,19+,21-/m0/s1. The van der Waals surface area contributed by atoms with E-state index in [0.29, 0.717) is 17.2 Å². The number of benzene rings is 2. The lowest BCUT2D eigenvalue weighted by Crippen LogP contribution is -2.55. The van der Waals surface area contributed by atoms with Gasteiger partial charge in [-0.3, -0.25) is 0 Å². The molecule has 0 unspecified atom stereocenters. The summed E-state index contributed by atoms with van der Waals surface area (Å²) in [6.07, 6.45) is -2.57. The molecular weight excluding hydrogens is 435 g/mol. The van der Waals surface area contributed by atoms with Gasteiger partial charge in [0.2, 0.25) is 0 Å². The number of aliphatic hydroxyl groups is 4. The van der Waals surface area contributed by atoms with Crippen LogP contribution in [0.5, 0.6) is 5.75 Å². The van der Waals surface area contributed by atoms with E-state index in [2.05, 4.69) is 19.1 Å². The second-order valence-electron chi connectivity index (χ2n) is 7.04. The predicted octanol–water partition coefficient (Wildman–Crippen LogP) is 3.04. The molecule has 0 radical (unpaired) electrons. The molecule has 29 heavy (non-hydrogen) atoms. The van der Waals surface area contributed by atoms with Gasteiger partial charge < -0.3 is 25.2 Å². The Labute approximate surface area is 184 Å². The number of hydrogen-bond donors (Lipinski definition) is 4. The molecule has 8 heteroatoms. The fourth-order valence-corrected chi connectivity index (χ4v) is 5.08. The Bertz CT molecular complexity index is 831. The van der Waals surface area contributed by atoms with Crippen molar-refractivity contribution in [2.45, 2.75) is 48.8 Å². The molecule has 0 spiro atoms. The van der Waals surface area contributed by atoms with Gasteiger partial charge in [0.05, 0.1) is 23.0 Å². The van der Waals surface area contributed by atoms with Crippen LogP contribution in [0.25, 0.3) is 0 Å². The third-order valence-corrected chi connectivity index (χ3v) is 6.91. The minimum atomic E-state index is -1.44. The quantitative estimate of drug-likeness (QED) is 0.531. The molecule has 158 valence electrons. The number of aliphatic hydroxyl groups excluding tert-OH is 4. The van der Waals surface area contributed by atoms with E-state index in [9.17, 15) is 20.4 Å². The van der Waals surface area contributed by atoms with Gasteiger partial charge in [-0.25, -0.2) is 0 Å². The number of ether oxygens (including phenoxy) is 1. The van der Waals surface area contributed by atoms with E-state index in [1.807, 2.05) is 12.1 Å². The maximum absolute atomic E-state index is 10.4. The number of aryl methyl sites for hydroxylation is 1. The highest BCUT2D eigenvalue weighted by molar-refractivity contribution is 8.00. The van der Waals surface area contributed by atoms with E-state index < -0.39 is 29.0 Å². The van der Waals surface area contributed by atoms with Crippen LogP contribution in [0.2, 0.25) is 10.0 Å². The summed E-state index contributed by atoms with van der Waals surface area (Å²) in [7, 11) is 0. The SMILES string of the molecule is CCc1ccc(Cc2cc(Cl)cc(Cl)c2O[C@H]2S[C@@H](CO)[C@@H](O)[C@H](O)[C@H]2O)cc1. The van der Waals surface area contributed by atoms with E-state index in [-0.39, 0.29) is 11.6 Å². The zero-order valence-corrected chi connectivity index (χ0v) is 18.2. The Hall–Kier alpha value is -0.990. The first-order valence-electron chi connectivity index (χ1n) is 9.37. The molecule has 1 heterocycles. The van der Waals surface area contributed by atoms with Gasteiger partial charge >= 0.3 is 0 Å². The highest BCUT2D eigenvalue weighted by Gasteiger charge is 2.44. The van der Waals surface area contributed by atoms with Gasteiger partial charge in [0, 0.05) is 17.0 Å². The molecule has 1 fully saturated rings. The van der Waals surface area contributed by atoms with Gasteiger partial charge in [-0.1, -0.05) is 54.4 Å². The molecule has 1 saturated heterocycles. The topological polar surface area (TPSA) is 90.2 Å². The van der Waals surface area contributed by atoms with Crippen LogP contribution in [0.15, 0.2) is 36.4 Å². The van der Waals surface area contributed by atoms with Crippen molar-refractivity contribution in [3.05, 3.63) is 63.1 Å². The van der Waals surface area contributed by atoms with Crippen LogP contribution in [0.3, 0.4) is 0 Å². The molecule has 0 bridgehead atoms. The molecule has 3 rings (SSSR count). The Balaban J connectivity index is 1.88. The van der Waals surface area contributed by atoms with Gasteiger partial charge in [0.15, 0.2) is 5.44 Å². The van der Waals surface area contributed by atoms with Crippen LogP contribution in [0.1, 0.15) is 23.6 Å². The Kier molecular flexibility index (Phi) is 7.73. The third-order valence-electron chi connectivity index (χ3n) is 4.99. The molecule has 5 nitrogen and oxygen atoms in total. The van der Waals surface area contributed by atoms with Crippen molar-refractivity contribution in [2.24, 2.45) is 0 Å². The highest BCUT2D eigenvalue weighted by atomic mass is 35.5. The number of hydrogen-bond acceptors (Lipinski definition) is 6. The molecule has 0 aliphatic carbocycles. The van der Waals surface area contributed by atoms with Gasteiger partial charge in [-0.05, 0) is 29.7 Å². The summed E-state index contributed by atoms with van der Waals surface area (Å²) in [4.78, 5) is 0. The van der Waals surface area contributed by atoms with Crippen LogP contribution in [-0.2, 0) is 12.8 Å². The van der Waals surface area contributed by atoms with Gasteiger partial charge in [-0.15, -0.1) is 11.8 Å². The number of rotatable bonds is 6. The minimum absolute atomic E-state index is 0.284. The highest BCUT2D eigenvalue weighted by Crippen LogP contribution is 2.39. The van der Waals surface area contributed by atoms with E-state index in [1.54, 1.807) is 12.1 Å². The zero-order valence-electron chi connectivity index (χ0n) is 15.8. The molecule has 0 amide bonds. The van der Waals surface area contributed by atoms with Crippen molar-refractivity contribution >= 4 is 35.0 Å². The van der Waals surface area contributed by atoms with E-state index in [1.165, 1.54) is 5.56 Å². The van der Waals surface area contributed by atoms with Crippen molar-refractivity contribution in [3.63, 3.8) is 0 Å². The first kappa shape index (κ1) is 22.7. The molecule has 0 saturated carbocycles. The molecule has 2 aromatic carbocycles. The second kappa shape index (κ2) is 9.88. The van der Waals surface area contributed by atoms with Crippen LogP contribution in [0, 0.1) is 0 Å². The molecule has 2 aromatic rings. The molecular formula is C21H24Cl2O5S. The average Bonchev–Trinajstić information content (AvgIpc) is 2.71. The van der Waals surface area contributed by atoms with Crippen molar-refractivity contribution in [3.8, 4) is 5.75 Å². The third kappa shape index (κ3) is 5.20. The summed E-state index contributed by atoms with van der Waals surface area (Å²) in [5.74, 6) is 0.354.